The van der Waals surface area contributed by atoms with Crippen LogP contribution < -0.4 is 9.47 Å². The lowest BCUT2D eigenvalue weighted by molar-refractivity contribution is 0.0783. The largest absolute Gasteiger partial charge is 0.454 e. The van der Waals surface area contributed by atoms with E-state index in [2.05, 4.69) is 22.3 Å². The Morgan fingerprint density at radius 2 is 2.08 bits per heavy atom. The smallest absolute Gasteiger partial charge is 0.274 e. The highest BCUT2D eigenvalue weighted by Crippen LogP contribution is 2.37. The number of aromatic nitrogens is 2. The van der Waals surface area contributed by atoms with Crippen molar-refractivity contribution in [3.8, 4) is 11.5 Å². The molecular formula is C19H21N3O3. The van der Waals surface area contributed by atoms with E-state index in [-0.39, 0.29) is 5.91 Å². The van der Waals surface area contributed by atoms with Crippen molar-refractivity contribution in [2.45, 2.75) is 38.0 Å². The molecule has 1 unspecified atom stereocenters. The van der Waals surface area contributed by atoms with Gasteiger partial charge in [-0.3, -0.25) is 9.89 Å². The third-order valence-corrected chi connectivity index (χ3v) is 5.60. The van der Waals surface area contributed by atoms with Crippen molar-refractivity contribution in [1.29, 1.82) is 0 Å². The number of carbonyl (C=O) groups is 1. The van der Waals surface area contributed by atoms with Crippen LogP contribution in [-0.2, 0) is 12.8 Å². The van der Waals surface area contributed by atoms with E-state index in [1.807, 2.05) is 11.0 Å². The predicted molar refractivity (Wildman–Crippen MR) is 91.1 cm³/mol. The molecule has 0 bridgehead atoms. The number of hydrogen-bond acceptors (Lipinski definition) is 4. The Bertz CT molecular complexity index is 829. The second kappa shape index (κ2) is 5.79. The molecule has 2 aromatic rings. The number of nitrogens with one attached hydrogen (secondary N) is 1. The number of H-pyrrole nitrogens is 1. The van der Waals surface area contributed by atoms with E-state index in [9.17, 15) is 4.79 Å². The van der Waals surface area contributed by atoms with Gasteiger partial charge in [0, 0.05) is 30.3 Å². The number of likely N-dealkylation sites (tertiary alicyclic amines) is 1. The SMILES string of the molecule is O=C(c1n[nH]c2c1CCCC2)N1CCC(c2ccc3c(c2)OCO3)C1. The van der Waals surface area contributed by atoms with E-state index in [1.54, 1.807) is 0 Å². The molecule has 1 aromatic carbocycles. The molecule has 0 radical (unpaired) electrons. The summed E-state index contributed by atoms with van der Waals surface area (Å²) >= 11 is 0. The molecule has 0 saturated carbocycles. The standard InChI is InChI=1S/C19H21N3O3/c23-19(18-14-3-1-2-4-15(14)20-21-18)22-8-7-13(10-22)12-5-6-16-17(9-12)25-11-24-16/h5-6,9,13H,1-4,7-8,10-11H2,(H,20,21). The first kappa shape index (κ1) is 14.8. The van der Waals surface area contributed by atoms with E-state index < -0.39 is 0 Å². The second-order valence-electron chi connectivity index (χ2n) is 7.09. The van der Waals surface area contributed by atoms with Gasteiger partial charge < -0.3 is 14.4 Å². The van der Waals surface area contributed by atoms with Crippen LogP contribution in [0.5, 0.6) is 11.5 Å². The Balaban J connectivity index is 1.33. The molecule has 0 spiro atoms. The number of aromatic amines is 1. The van der Waals surface area contributed by atoms with Crippen LogP contribution in [0.25, 0.3) is 0 Å². The normalized spacial score (nSPS) is 21.4. The highest BCUT2D eigenvalue weighted by molar-refractivity contribution is 5.94. The van der Waals surface area contributed by atoms with Crippen LogP contribution in [0.2, 0.25) is 0 Å². The topological polar surface area (TPSA) is 67.5 Å². The van der Waals surface area contributed by atoms with Gasteiger partial charge in [-0.2, -0.15) is 5.10 Å². The fraction of sp³-hybridized carbons (Fsp3) is 0.474. The number of amides is 1. The Labute approximate surface area is 146 Å². The van der Waals surface area contributed by atoms with Gasteiger partial charge in [0.2, 0.25) is 6.79 Å². The number of carbonyl (C=O) groups excluding carboxylic acids is 1. The molecule has 3 aliphatic rings. The molecule has 6 heteroatoms. The molecule has 6 nitrogen and oxygen atoms in total. The first-order valence-electron chi connectivity index (χ1n) is 9.04. The van der Waals surface area contributed by atoms with E-state index >= 15 is 0 Å². The molecule has 5 rings (SSSR count). The minimum absolute atomic E-state index is 0.0719. The summed E-state index contributed by atoms with van der Waals surface area (Å²) < 4.78 is 10.9. The van der Waals surface area contributed by atoms with Crippen LogP contribution in [0, 0.1) is 0 Å². The van der Waals surface area contributed by atoms with Crippen LogP contribution >= 0.6 is 0 Å². The van der Waals surface area contributed by atoms with Crippen molar-refractivity contribution in [3.05, 3.63) is 40.7 Å². The van der Waals surface area contributed by atoms with Crippen LogP contribution in [0.1, 0.15) is 52.5 Å². The zero-order valence-corrected chi connectivity index (χ0v) is 14.1. The lowest BCUT2D eigenvalue weighted by Gasteiger charge is -2.17. The molecular weight excluding hydrogens is 318 g/mol. The minimum atomic E-state index is 0.0719. The summed E-state index contributed by atoms with van der Waals surface area (Å²) in [4.78, 5) is 14.9. The highest BCUT2D eigenvalue weighted by atomic mass is 16.7. The number of ether oxygens (including phenoxy) is 2. The van der Waals surface area contributed by atoms with Crippen molar-refractivity contribution in [3.63, 3.8) is 0 Å². The summed E-state index contributed by atoms with van der Waals surface area (Å²) in [7, 11) is 0. The van der Waals surface area contributed by atoms with Crippen molar-refractivity contribution >= 4 is 5.91 Å². The van der Waals surface area contributed by atoms with Gasteiger partial charge in [-0.1, -0.05) is 6.07 Å². The van der Waals surface area contributed by atoms with E-state index in [0.29, 0.717) is 18.4 Å². The molecule has 1 amide bonds. The maximum Gasteiger partial charge on any atom is 0.274 e. The fourth-order valence-corrected chi connectivity index (χ4v) is 4.19. The average molecular weight is 339 g/mol. The number of fused-ring (bicyclic) bond motifs is 2. The Kier molecular flexibility index (Phi) is 3.43. The van der Waals surface area contributed by atoms with E-state index in [4.69, 9.17) is 9.47 Å². The van der Waals surface area contributed by atoms with Gasteiger partial charge in [0.25, 0.3) is 5.91 Å². The number of benzene rings is 1. The summed E-state index contributed by atoms with van der Waals surface area (Å²) in [6.45, 7) is 1.80. The average Bonchev–Trinajstić information content (AvgIpc) is 3.38. The van der Waals surface area contributed by atoms with Gasteiger partial charge in [-0.15, -0.1) is 0 Å². The van der Waals surface area contributed by atoms with Gasteiger partial charge in [-0.05, 0) is 49.8 Å². The fourth-order valence-electron chi connectivity index (χ4n) is 4.19. The third kappa shape index (κ3) is 2.47. The van der Waals surface area contributed by atoms with Crippen molar-refractivity contribution in [1.82, 2.24) is 15.1 Å². The number of hydrogen-bond donors (Lipinski definition) is 1. The lowest BCUT2D eigenvalue weighted by atomic mass is 9.95. The monoisotopic (exact) mass is 339 g/mol. The van der Waals surface area contributed by atoms with Gasteiger partial charge in [0.15, 0.2) is 17.2 Å². The molecule has 2 aliphatic heterocycles. The summed E-state index contributed by atoms with van der Waals surface area (Å²) in [5, 5.41) is 7.41. The molecule has 130 valence electrons. The zero-order chi connectivity index (χ0) is 16.8. The zero-order valence-electron chi connectivity index (χ0n) is 14.1. The Hall–Kier alpha value is -2.50. The number of aryl methyl sites for hydroxylation is 1. The Morgan fingerprint density at radius 1 is 1.20 bits per heavy atom. The van der Waals surface area contributed by atoms with Crippen LogP contribution in [0.3, 0.4) is 0 Å². The molecule has 1 aliphatic carbocycles. The number of nitrogens with zero attached hydrogens (tertiary/aromatic N) is 2. The molecule has 25 heavy (non-hydrogen) atoms. The van der Waals surface area contributed by atoms with Crippen molar-refractivity contribution in [2.24, 2.45) is 0 Å². The third-order valence-electron chi connectivity index (χ3n) is 5.60. The highest BCUT2D eigenvalue weighted by Gasteiger charge is 2.32. The van der Waals surface area contributed by atoms with Crippen LogP contribution in [0.4, 0.5) is 0 Å². The summed E-state index contributed by atoms with van der Waals surface area (Å²) in [6.07, 6.45) is 5.27. The molecule has 1 saturated heterocycles. The predicted octanol–water partition coefficient (Wildman–Crippen LogP) is 2.65. The van der Waals surface area contributed by atoms with Gasteiger partial charge in [0.1, 0.15) is 0 Å². The Morgan fingerprint density at radius 3 is 3.04 bits per heavy atom. The maximum absolute atomic E-state index is 12.9. The van der Waals surface area contributed by atoms with Crippen molar-refractivity contribution < 1.29 is 14.3 Å². The van der Waals surface area contributed by atoms with Gasteiger partial charge in [-0.25, -0.2) is 0 Å². The first-order chi connectivity index (χ1) is 12.3. The van der Waals surface area contributed by atoms with Gasteiger partial charge in [0.05, 0.1) is 0 Å². The molecule has 1 atom stereocenters. The molecule has 1 aromatic heterocycles. The number of rotatable bonds is 2. The summed E-state index contributed by atoms with van der Waals surface area (Å²) in [6, 6.07) is 6.10. The lowest BCUT2D eigenvalue weighted by Crippen LogP contribution is -2.29. The maximum atomic E-state index is 12.9. The van der Waals surface area contributed by atoms with Crippen molar-refractivity contribution in [2.75, 3.05) is 19.9 Å². The van der Waals surface area contributed by atoms with Gasteiger partial charge >= 0.3 is 0 Å². The first-order valence-corrected chi connectivity index (χ1v) is 9.04. The molecule has 1 N–H and O–H groups in total. The van der Waals surface area contributed by atoms with E-state index in [1.165, 1.54) is 12.0 Å². The van der Waals surface area contributed by atoms with Crippen LogP contribution in [0.15, 0.2) is 18.2 Å². The van der Waals surface area contributed by atoms with E-state index in [0.717, 1.165) is 61.5 Å². The molecule has 3 heterocycles. The summed E-state index contributed by atoms with van der Waals surface area (Å²) in [5.74, 6) is 2.03. The quantitative estimate of drug-likeness (QED) is 0.913. The molecule has 1 fully saturated rings. The van der Waals surface area contributed by atoms with Crippen LogP contribution in [-0.4, -0.2) is 40.9 Å². The summed E-state index contributed by atoms with van der Waals surface area (Å²) in [5.41, 5.74) is 4.15. The minimum Gasteiger partial charge on any atom is -0.454 e. The second-order valence-corrected chi connectivity index (χ2v) is 7.09.